The van der Waals surface area contributed by atoms with Crippen LogP contribution in [0.3, 0.4) is 0 Å². The first-order valence-electron chi connectivity index (χ1n) is 6.26. The molecule has 0 aliphatic carbocycles. The number of ether oxygens (including phenoxy) is 1. The number of hydrogen-bond donors (Lipinski definition) is 1. The van der Waals surface area contributed by atoms with E-state index in [0.29, 0.717) is 6.54 Å². The van der Waals surface area contributed by atoms with Crippen molar-refractivity contribution >= 4 is 6.09 Å². The van der Waals surface area contributed by atoms with Gasteiger partial charge in [-0.3, -0.25) is 10.2 Å². The van der Waals surface area contributed by atoms with Crippen LogP contribution in [0.25, 0.3) is 0 Å². The number of nitrogens with zero attached hydrogens (tertiary/aromatic N) is 1. The molecule has 0 unspecified atom stereocenters. The standard InChI is InChI=1S/C14H19NO4/c1-14(2,3)19-13(16)15-8-10-6-4-5-7-11(10)12(15)9-18-17/h4-7,12,17H,8-9H2,1-3H3/t12-/m0/s1. The van der Waals surface area contributed by atoms with E-state index in [1.807, 2.05) is 45.0 Å². The van der Waals surface area contributed by atoms with Crippen LogP contribution in [0.5, 0.6) is 0 Å². The summed E-state index contributed by atoms with van der Waals surface area (Å²) in [6.07, 6.45) is -0.397. The lowest BCUT2D eigenvalue weighted by atomic mass is 10.1. The van der Waals surface area contributed by atoms with Crippen LogP contribution in [0.4, 0.5) is 4.79 Å². The van der Waals surface area contributed by atoms with Gasteiger partial charge in [0, 0.05) is 0 Å². The summed E-state index contributed by atoms with van der Waals surface area (Å²) in [5.41, 5.74) is 1.49. The molecule has 0 bridgehead atoms. The molecule has 104 valence electrons. The Labute approximate surface area is 112 Å². The molecular weight excluding hydrogens is 246 g/mol. The van der Waals surface area contributed by atoms with Gasteiger partial charge in [0.15, 0.2) is 0 Å². The van der Waals surface area contributed by atoms with Crippen molar-refractivity contribution in [2.45, 2.75) is 39.0 Å². The highest BCUT2D eigenvalue weighted by molar-refractivity contribution is 5.70. The fourth-order valence-corrected chi connectivity index (χ4v) is 2.23. The van der Waals surface area contributed by atoms with Crippen LogP contribution in [-0.2, 0) is 16.2 Å². The molecular formula is C14H19NO4. The fourth-order valence-electron chi connectivity index (χ4n) is 2.23. The second kappa shape index (κ2) is 5.19. The second-order valence-electron chi connectivity index (χ2n) is 5.62. The molecule has 1 N–H and O–H groups in total. The van der Waals surface area contributed by atoms with E-state index in [0.717, 1.165) is 11.1 Å². The van der Waals surface area contributed by atoms with Crippen LogP contribution in [0.15, 0.2) is 24.3 Å². The van der Waals surface area contributed by atoms with Crippen molar-refractivity contribution in [3.05, 3.63) is 35.4 Å². The van der Waals surface area contributed by atoms with Crippen LogP contribution < -0.4 is 0 Å². The normalized spacial score (nSPS) is 18.3. The quantitative estimate of drug-likeness (QED) is 0.659. The van der Waals surface area contributed by atoms with Gasteiger partial charge in [0.05, 0.1) is 12.6 Å². The van der Waals surface area contributed by atoms with Crippen molar-refractivity contribution in [1.29, 1.82) is 0 Å². The van der Waals surface area contributed by atoms with Crippen LogP contribution >= 0.6 is 0 Å². The summed E-state index contributed by atoms with van der Waals surface area (Å²) in [6.45, 7) is 5.98. The van der Waals surface area contributed by atoms with E-state index in [-0.39, 0.29) is 12.6 Å². The van der Waals surface area contributed by atoms with E-state index >= 15 is 0 Å². The lowest BCUT2D eigenvalue weighted by Crippen LogP contribution is -2.37. The molecule has 0 saturated heterocycles. The molecule has 0 aromatic heterocycles. The highest BCUT2D eigenvalue weighted by atomic mass is 17.1. The van der Waals surface area contributed by atoms with Crippen molar-refractivity contribution in [3.8, 4) is 0 Å². The molecule has 1 atom stereocenters. The highest BCUT2D eigenvalue weighted by Gasteiger charge is 2.36. The zero-order valence-electron chi connectivity index (χ0n) is 11.4. The average Bonchev–Trinajstić information content (AvgIpc) is 2.67. The largest absolute Gasteiger partial charge is 0.444 e. The smallest absolute Gasteiger partial charge is 0.411 e. The predicted octanol–water partition coefficient (Wildman–Crippen LogP) is 2.97. The van der Waals surface area contributed by atoms with Gasteiger partial charge in [-0.05, 0) is 31.9 Å². The van der Waals surface area contributed by atoms with Gasteiger partial charge in [-0.25, -0.2) is 9.68 Å². The van der Waals surface area contributed by atoms with Gasteiger partial charge in [-0.1, -0.05) is 24.3 Å². The zero-order chi connectivity index (χ0) is 14.0. The summed E-state index contributed by atoms with van der Waals surface area (Å²) >= 11 is 0. The minimum atomic E-state index is -0.545. The van der Waals surface area contributed by atoms with E-state index in [9.17, 15) is 4.79 Å². The molecule has 2 rings (SSSR count). The number of rotatable bonds is 2. The van der Waals surface area contributed by atoms with Crippen LogP contribution in [0.2, 0.25) is 0 Å². The maximum Gasteiger partial charge on any atom is 0.411 e. The van der Waals surface area contributed by atoms with Gasteiger partial charge >= 0.3 is 6.09 Å². The topological polar surface area (TPSA) is 59.0 Å². The summed E-state index contributed by atoms with van der Waals surface area (Å²) in [5, 5.41) is 8.71. The molecule has 0 fully saturated rings. The van der Waals surface area contributed by atoms with Crippen LogP contribution in [0, 0.1) is 0 Å². The number of benzene rings is 1. The third kappa shape index (κ3) is 3.05. The molecule has 0 radical (unpaired) electrons. The summed E-state index contributed by atoms with van der Waals surface area (Å²) in [6, 6.07) is 7.42. The van der Waals surface area contributed by atoms with Crippen LogP contribution in [0.1, 0.15) is 37.9 Å². The van der Waals surface area contributed by atoms with Gasteiger partial charge in [-0.15, -0.1) is 0 Å². The molecule has 1 aliphatic heterocycles. The molecule has 1 aromatic rings. The lowest BCUT2D eigenvalue weighted by molar-refractivity contribution is -0.251. The summed E-state index contributed by atoms with van der Waals surface area (Å²) < 4.78 is 5.38. The summed E-state index contributed by atoms with van der Waals surface area (Å²) in [4.78, 5) is 18.0. The molecule has 5 nitrogen and oxygen atoms in total. The van der Waals surface area contributed by atoms with Crippen LogP contribution in [-0.4, -0.2) is 28.5 Å². The van der Waals surface area contributed by atoms with Gasteiger partial charge in [0.2, 0.25) is 0 Å². The first-order valence-corrected chi connectivity index (χ1v) is 6.26. The Bertz CT molecular complexity index is 467. The maximum atomic E-state index is 12.2. The first-order chi connectivity index (χ1) is 8.92. The Kier molecular flexibility index (Phi) is 3.78. The second-order valence-corrected chi connectivity index (χ2v) is 5.62. The SMILES string of the molecule is CC(C)(C)OC(=O)N1Cc2ccccc2[C@@H]1COO. The Morgan fingerprint density at radius 3 is 2.74 bits per heavy atom. The summed E-state index contributed by atoms with van der Waals surface area (Å²) in [7, 11) is 0. The minimum absolute atomic E-state index is 0.0380. The first kappa shape index (κ1) is 13.8. The van der Waals surface area contributed by atoms with E-state index in [4.69, 9.17) is 9.99 Å². The Morgan fingerprint density at radius 1 is 1.42 bits per heavy atom. The summed E-state index contributed by atoms with van der Waals surface area (Å²) in [5.74, 6) is 0. The molecule has 1 aromatic carbocycles. The predicted molar refractivity (Wildman–Crippen MR) is 69.5 cm³/mol. The number of carbonyl (C=O) groups is 1. The van der Waals surface area contributed by atoms with Gasteiger partial charge in [0.25, 0.3) is 0 Å². The van der Waals surface area contributed by atoms with E-state index in [2.05, 4.69) is 4.89 Å². The van der Waals surface area contributed by atoms with Crippen molar-refractivity contribution in [2.75, 3.05) is 6.61 Å². The molecule has 0 spiro atoms. The third-order valence-electron chi connectivity index (χ3n) is 2.99. The number of hydrogen-bond acceptors (Lipinski definition) is 4. The highest BCUT2D eigenvalue weighted by Crippen LogP contribution is 2.34. The van der Waals surface area contributed by atoms with Gasteiger partial charge < -0.3 is 4.74 Å². The molecule has 19 heavy (non-hydrogen) atoms. The fraction of sp³-hybridized carbons (Fsp3) is 0.500. The molecule has 0 saturated carbocycles. The Morgan fingerprint density at radius 2 is 2.11 bits per heavy atom. The minimum Gasteiger partial charge on any atom is -0.444 e. The monoisotopic (exact) mass is 265 g/mol. The zero-order valence-corrected chi connectivity index (χ0v) is 11.4. The van der Waals surface area contributed by atoms with E-state index < -0.39 is 11.7 Å². The molecule has 1 aliphatic rings. The number of carbonyl (C=O) groups excluding carboxylic acids is 1. The number of fused-ring (bicyclic) bond motifs is 1. The number of amides is 1. The lowest BCUT2D eigenvalue weighted by Gasteiger charge is -2.28. The van der Waals surface area contributed by atoms with E-state index in [1.54, 1.807) is 4.90 Å². The molecule has 5 heteroatoms. The third-order valence-corrected chi connectivity index (χ3v) is 2.99. The van der Waals surface area contributed by atoms with E-state index in [1.165, 1.54) is 0 Å². The van der Waals surface area contributed by atoms with Gasteiger partial charge in [-0.2, -0.15) is 0 Å². The van der Waals surface area contributed by atoms with Crippen molar-refractivity contribution in [1.82, 2.24) is 4.90 Å². The Balaban J connectivity index is 2.21. The van der Waals surface area contributed by atoms with Crippen molar-refractivity contribution < 1.29 is 19.7 Å². The maximum absolute atomic E-state index is 12.2. The molecule has 1 heterocycles. The molecule has 1 amide bonds. The van der Waals surface area contributed by atoms with Crippen molar-refractivity contribution in [3.63, 3.8) is 0 Å². The van der Waals surface area contributed by atoms with Crippen molar-refractivity contribution in [2.24, 2.45) is 0 Å². The van der Waals surface area contributed by atoms with Gasteiger partial charge in [0.1, 0.15) is 12.2 Å². The average molecular weight is 265 g/mol. The Hall–Kier alpha value is -1.59.